The van der Waals surface area contributed by atoms with E-state index in [1.165, 1.54) is 10.9 Å². The molecule has 21 heavy (non-hydrogen) atoms. The maximum absolute atomic E-state index is 4.44. The van der Waals surface area contributed by atoms with Crippen molar-refractivity contribution in [1.82, 2.24) is 15.3 Å². The van der Waals surface area contributed by atoms with Gasteiger partial charge >= 0.3 is 0 Å². The molecule has 0 aliphatic carbocycles. The average Bonchev–Trinajstić information content (AvgIpc) is 2.56. The lowest BCUT2D eigenvalue weighted by molar-refractivity contribution is 0.549. The van der Waals surface area contributed by atoms with E-state index >= 15 is 0 Å². The second-order valence-corrected chi connectivity index (χ2v) is 5.12. The van der Waals surface area contributed by atoms with Crippen LogP contribution >= 0.6 is 0 Å². The lowest BCUT2D eigenvalue weighted by Gasteiger charge is -2.18. The number of aryl methyl sites for hydroxylation is 1. The molecule has 2 aromatic heterocycles. The molecule has 106 valence electrons. The number of nitrogens with zero attached hydrogens (tertiary/aromatic N) is 2. The number of pyridine rings is 2. The molecule has 1 aromatic carbocycles. The van der Waals surface area contributed by atoms with Crippen LogP contribution in [-0.4, -0.2) is 17.0 Å². The molecule has 3 aromatic rings. The van der Waals surface area contributed by atoms with Gasteiger partial charge in [0.25, 0.3) is 0 Å². The summed E-state index contributed by atoms with van der Waals surface area (Å²) >= 11 is 0. The molecular formula is C18H19N3. The number of rotatable bonds is 5. The van der Waals surface area contributed by atoms with Gasteiger partial charge in [-0.2, -0.15) is 0 Å². The van der Waals surface area contributed by atoms with Crippen molar-refractivity contribution in [2.75, 3.05) is 7.05 Å². The van der Waals surface area contributed by atoms with E-state index in [1.54, 1.807) is 0 Å². The molecular weight excluding hydrogens is 258 g/mol. The predicted octanol–water partition coefficient (Wildman–Crippen LogP) is 3.52. The molecule has 2 heterocycles. The molecule has 0 saturated heterocycles. The predicted molar refractivity (Wildman–Crippen MR) is 86.1 cm³/mol. The van der Waals surface area contributed by atoms with Crippen LogP contribution in [-0.2, 0) is 6.42 Å². The number of hydrogen-bond acceptors (Lipinski definition) is 3. The number of aromatic nitrogens is 2. The Bertz CT molecular complexity index is 704. The van der Waals surface area contributed by atoms with Gasteiger partial charge in [-0.1, -0.05) is 24.3 Å². The minimum absolute atomic E-state index is 0.305. The second kappa shape index (κ2) is 6.46. The van der Waals surface area contributed by atoms with E-state index < -0.39 is 0 Å². The summed E-state index contributed by atoms with van der Waals surface area (Å²) in [6.07, 6.45) is 5.67. The fraction of sp³-hybridized carbons (Fsp3) is 0.222. The van der Waals surface area contributed by atoms with Crippen LogP contribution in [0.1, 0.15) is 23.7 Å². The summed E-state index contributed by atoms with van der Waals surface area (Å²) in [6.45, 7) is 0. The highest BCUT2D eigenvalue weighted by Gasteiger charge is 2.12. The Labute approximate surface area is 125 Å². The molecule has 1 unspecified atom stereocenters. The lowest BCUT2D eigenvalue weighted by atomic mass is 9.97. The summed E-state index contributed by atoms with van der Waals surface area (Å²) in [4.78, 5) is 8.84. The van der Waals surface area contributed by atoms with Gasteiger partial charge < -0.3 is 5.32 Å². The molecule has 0 fully saturated rings. The summed E-state index contributed by atoms with van der Waals surface area (Å²) in [6, 6.07) is 16.8. The SMILES string of the molecule is CNC(CCc1ccccn1)c1cccc2ncccc12. The van der Waals surface area contributed by atoms with Crippen LogP contribution < -0.4 is 5.32 Å². The van der Waals surface area contributed by atoms with Gasteiger partial charge in [-0.05, 0) is 49.7 Å². The molecule has 1 N–H and O–H groups in total. The van der Waals surface area contributed by atoms with E-state index in [0.717, 1.165) is 24.1 Å². The van der Waals surface area contributed by atoms with Gasteiger partial charge in [0, 0.05) is 29.5 Å². The highest BCUT2D eigenvalue weighted by Crippen LogP contribution is 2.25. The third-order valence-corrected chi connectivity index (χ3v) is 3.82. The Morgan fingerprint density at radius 2 is 1.86 bits per heavy atom. The third kappa shape index (κ3) is 3.09. The Kier molecular flexibility index (Phi) is 4.22. The van der Waals surface area contributed by atoms with E-state index in [4.69, 9.17) is 0 Å². The fourth-order valence-corrected chi connectivity index (χ4v) is 2.72. The monoisotopic (exact) mass is 277 g/mol. The van der Waals surface area contributed by atoms with E-state index in [9.17, 15) is 0 Å². The van der Waals surface area contributed by atoms with Gasteiger partial charge in [-0.15, -0.1) is 0 Å². The maximum atomic E-state index is 4.44. The Morgan fingerprint density at radius 3 is 2.67 bits per heavy atom. The zero-order chi connectivity index (χ0) is 14.5. The van der Waals surface area contributed by atoms with Crippen molar-refractivity contribution in [2.45, 2.75) is 18.9 Å². The van der Waals surface area contributed by atoms with Crippen LogP contribution in [0.3, 0.4) is 0 Å². The normalized spacial score (nSPS) is 12.4. The van der Waals surface area contributed by atoms with Crippen molar-refractivity contribution in [2.24, 2.45) is 0 Å². The Morgan fingerprint density at radius 1 is 0.952 bits per heavy atom. The molecule has 3 heteroatoms. The van der Waals surface area contributed by atoms with Crippen LogP contribution in [0.5, 0.6) is 0 Å². The first-order valence-electron chi connectivity index (χ1n) is 7.29. The Balaban J connectivity index is 1.85. The summed E-state index contributed by atoms with van der Waals surface area (Å²) in [5.74, 6) is 0. The molecule has 0 spiro atoms. The van der Waals surface area contributed by atoms with Crippen LogP contribution in [0, 0.1) is 0 Å². The average molecular weight is 277 g/mol. The molecule has 0 radical (unpaired) electrons. The van der Waals surface area contributed by atoms with Gasteiger partial charge in [0.15, 0.2) is 0 Å². The van der Waals surface area contributed by atoms with Gasteiger partial charge in [0.1, 0.15) is 0 Å². The molecule has 0 saturated carbocycles. The molecule has 0 amide bonds. The molecule has 0 aliphatic heterocycles. The van der Waals surface area contributed by atoms with Crippen LogP contribution in [0.15, 0.2) is 60.9 Å². The van der Waals surface area contributed by atoms with E-state index in [2.05, 4.69) is 45.6 Å². The first-order valence-corrected chi connectivity index (χ1v) is 7.29. The highest BCUT2D eigenvalue weighted by atomic mass is 14.9. The first kappa shape index (κ1) is 13.7. The van der Waals surface area contributed by atoms with Crippen molar-refractivity contribution in [3.05, 3.63) is 72.2 Å². The van der Waals surface area contributed by atoms with Gasteiger partial charge in [0.2, 0.25) is 0 Å². The van der Waals surface area contributed by atoms with E-state index in [-0.39, 0.29) is 0 Å². The quantitative estimate of drug-likeness (QED) is 0.775. The fourth-order valence-electron chi connectivity index (χ4n) is 2.72. The minimum Gasteiger partial charge on any atom is -0.313 e. The van der Waals surface area contributed by atoms with Crippen molar-refractivity contribution in [1.29, 1.82) is 0 Å². The third-order valence-electron chi connectivity index (χ3n) is 3.82. The van der Waals surface area contributed by atoms with Crippen LogP contribution in [0.4, 0.5) is 0 Å². The summed E-state index contributed by atoms with van der Waals surface area (Å²) < 4.78 is 0. The highest BCUT2D eigenvalue weighted by molar-refractivity contribution is 5.82. The van der Waals surface area contributed by atoms with Gasteiger partial charge in [-0.25, -0.2) is 0 Å². The van der Waals surface area contributed by atoms with Crippen LogP contribution in [0.2, 0.25) is 0 Å². The largest absolute Gasteiger partial charge is 0.313 e. The molecule has 3 nitrogen and oxygen atoms in total. The maximum Gasteiger partial charge on any atom is 0.0705 e. The number of benzene rings is 1. The van der Waals surface area contributed by atoms with Gasteiger partial charge in [-0.3, -0.25) is 9.97 Å². The summed E-state index contributed by atoms with van der Waals surface area (Å²) in [7, 11) is 2.01. The smallest absolute Gasteiger partial charge is 0.0705 e. The number of hydrogen-bond donors (Lipinski definition) is 1. The topological polar surface area (TPSA) is 37.8 Å². The van der Waals surface area contributed by atoms with Crippen molar-refractivity contribution >= 4 is 10.9 Å². The molecule has 1 atom stereocenters. The number of nitrogens with one attached hydrogen (secondary N) is 1. The molecule has 0 bridgehead atoms. The van der Waals surface area contributed by atoms with Gasteiger partial charge in [0.05, 0.1) is 5.52 Å². The van der Waals surface area contributed by atoms with E-state index in [0.29, 0.717) is 6.04 Å². The van der Waals surface area contributed by atoms with E-state index in [1.807, 2.05) is 37.6 Å². The Hall–Kier alpha value is -2.26. The number of fused-ring (bicyclic) bond motifs is 1. The van der Waals surface area contributed by atoms with Crippen molar-refractivity contribution in [3.63, 3.8) is 0 Å². The first-order chi connectivity index (χ1) is 10.4. The van der Waals surface area contributed by atoms with Crippen LogP contribution in [0.25, 0.3) is 10.9 Å². The standard InChI is InChI=1S/C18H19N3/c1-19-17(11-10-14-6-2-3-12-20-14)15-7-4-9-18-16(15)8-5-13-21-18/h2-9,12-13,17,19H,10-11H2,1H3. The summed E-state index contributed by atoms with van der Waals surface area (Å²) in [5.41, 5.74) is 3.49. The zero-order valence-electron chi connectivity index (χ0n) is 12.2. The molecule has 3 rings (SSSR count). The molecule has 0 aliphatic rings. The van der Waals surface area contributed by atoms with Crippen molar-refractivity contribution < 1.29 is 0 Å². The van der Waals surface area contributed by atoms with Crippen molar-refractivity contribution in [3.8, 4) is 0 Å². The summed E-state index contributed by atoms with van der Waals surface area (Å²) in [5, 5.41) is 4.65. The second-order valence-electron chi connectivity index (χ2n) is 5.12. The minimum atomic E-state index is 0.305. The lowest BCUT2D eigenvalue weighted by Crippen LogP contribution is -2.17. The zero-order valence-corrected chi connectivity index (χ0v) is 12.2.